The summed E-state index contributed by atoms with van der Waals surface area (Å²) >= 11 is 1.53. The predicted octanol–water partition coefficient (Wildman–Crippen LogP) is 1.93. The SMILES string of the molecule is CCCC1(C(=O)O)CCN(c2nnc(C)s2)C1. The third-order valence-electron chi connectivity index (χ3n) is 3.32. The van der Waals surface area contributed by atoms with E-state index in [1.807, 2.05) is 13.8 Å². The van der Waals surface area contributed by atoms with Crippen LogP contribution in [0.15, 0.2) is 0 Å². The summed E-state index contributed by atoms with van der Waals surface area (Å²) in [5.74, 6) is -0.678. The number of carboxylic acid groups (broad SMARTS) is 1. The summed E-state index contributed by atoms with van der Waals surface area (Å²) in [6.07, 6.45) is 2.33. The highest BCUT2D eigenvalue weighted by molar-refractivity contribution is 7.15. The quantitative estimate of drug-likeness (QED) is 0.890. The Morgan fingerprint density at radius 3 is 2.88 bits per heavy atom. The molecule has 0 bridgehead atoms. The molecule has 17 heavy (non-hydrogen) atoms. The lowest BCUT2D eigenvalue weighted by Crippen LogP contribution is -2.34. The Labute approximate surface area is 104 Å². The van der Waals surface area contributed by atoms with E-state index in [2.05, 4.69) is 15.1 Å². The Morgan fingerprint density at radius 2 is 2.35 bits per heavy atom. The zero-order valence-electron chi connectivity index (χ0n) is 10.1. The monoisotopic (exact) mass is 255 g/mol. The molecule has 5 nitrogen and oxygen atoms in total. The van der Waals surface area contributed by atoms with Crippen molar-refractivity contribution in [1.29, 1.82) is 0 Å². The van der Waals surface area contributed by atoms with Crippen LogP contribution in [0.5, 0.6) is 0 Å². The molecule has 1 fully saturated rings. The van der Waals surface area contributed by atoms with Crippen LogP contribution in [0.1, 0.15) is 31.2 Å². The number of carbonyl (C=O) groups is 1. The van der Waals surface area contributed by atoms with E-state index < -0.39 is 11.4 Å². The van der Waals surface area contributed by atoms with Gasteiger partial charge in [-0.25, -0.2) is 0 Å². The molecule has 1 aromatic rings. The van der Waals surface area contributed by atoms with Gasteiger partial charge in [-0.3, -0.25) is 4.79 Å². The summed E-state index contributed by atoms with van der Waals surface area (Å²) in [5.41, 5.74) is -0.589. The lowest BCUT2D eigenvalue weighted by Gasteiger charge is -2.23. The predicted molar refractivity (Wildman–Crippen MR) is 66.5 cm³/mol. The second-order valence-corrected chi connectivity index (χ2v) is 5.77. The average molecular weight is 255 g/mol. The number of nitrogens with zero attached hydrogens (tertiary/aromatic N) is 3. The molecule has 1 unspecified atom stereocenters. The molecule has 0 spiro atoms. The molecule has 0 aromatic carbocycles. The molecular formula is C11H17N3O2S. The largest absolute Gasteiger partial charge is 0.481 e. The van der Waals surface area contributed by atoms with Gasteiger partial charge in [0.1, 0.15) is 5.01 Å². The number of carboxylic acids is 1. The molecule has 1 saturated heterocycles. The van der Waals surface area contributed by atoms with E-state index in [9.17, 15) is 9.90 Å². The average Bonchev–Trinajstić information content (AvgIpc) is 2.86. The second-order valence-electron chi connectivity index (χ2n) is 4.61. The summed E-state index contributed by atoms with van der Waals surface area (Å²) in [7, 11) is 0. The van der Waals surface area contributed by atoms with Crippen molar-refractivity contribution in [2.45, 2.75) is 33.1 Å². The van der Waals surface area contributed by atoms with Gasteiger partial charge in [0.15, 0.2) is 0 Å². The van der Waals surface area contributed by atoms with Crippen LogP contribution in [0.2, 0.25) is 0 Å². The molecule has 1 atom stereocenters. The Kier molecular flexibility index (Phi) is 3.33. The fourth-order valence-corrected chi connectivity index (χ4v) is 3.13. The van der Waals surface area contributed by atoms with Gasteiger partial charge < -0.3 is 10.0 Å². The smallest absolute Gasteiger partial charge is 0.311 e. The van der Waals surface area contributed by atoms with Crippen LogP contribution in [-0.2, 0) is 4.79 Å². The highest BCUT2D eigenvalue weighted by Gasteiger charge is 2.44. The van der Waals surface area contributed by atoms with E-state index in [0.717, 1.165) is 29.5 Å². The van der Waals surface area contributed by atoms with Crippen LogP contribution >= 0.6 is 11.3 Å². The van der Waals surface area contributed by atoms with Crippen molar-refractivity contribution in [2.75, 3.05) is 18.0 Å². The molecule has 6 heteroatoms. The maximum atomic E-state index is 11.4. The summed E-state index contributed by atoms with van der Waals surface area (Å²) in [4.78, 5) is 13.5. The van der Waals surface area contributed by atoms with E-state index in [4.69, 9.17) is 0 Å². The number of aryl methyl sites for hydroxylation is 1. The number of aliphatic carboxylic acids is 1. The normalized spacial score (nSPS) is 24.2. The fourth-order valence-electron chi connectivity index (χ4n) is 2.41. The third-order valence-corrected chi connectivity index (χ3v) is 4.22. The Hall–Kier alpha value is -1.17. The third kappa shape index (κ3) is 2.26. The van der Waals surface area contributed by atoms with Gasteiger partial charge in [0.05, 0.1) is 5.41 Å². The van der Waals surface area contributed by atoms with Crippen LogP contribution in [0.3, 0.4) is 0 Å². The van der Waals surface area contributed by atoms with Gasteiger partial charge in [-0.05, 0) is 19.8 Å². The van der Waals surface area contributed by atoms with E-state index >= 15 is 0 Å². The first-order valence-electron chi connectivity index (χ1n) is 5.86. The van der Waals surface area contributed by atoms with Crippen molar-refractivity contribution in [3.05, 3.63) is 5.01 Å². The molecule has 1 aromatic heterocycles. The van der Waals surface area contributed by atoms with Crippen molar-refractivity contribution >= 4 is 22.4 Å². The zero-order valence-corrected chi connectivity index (χ0v) is 11.0. The van der Waals surface area contributed by atoms with Gasteiger partial charge in [-0.2, -0.15) is 0 Å². The Morgan fingerprint density at radius 1 is 1.59 bits per heavy atom. The van der Waals surface area contributed by atoms with Crippen LogP contribution in [0.25, 0.3) is 0 Å². The summed E-state index contributed by atoms with van der Waals surface area (Å²) in [6.45, 7) is 5.27. The zero-order chi connectivity index (χ0) is 12.5. The standard InChI is InChI=1S/C11H17N3O2S/c1-3-4-11(9(15)16)5-6-14(7-11)10-13-12-8(2)17-10/h3-7H2,1-2H3,(H,15,16). The van der Waals surface area contributed by atoms with E-state index in [0.29, 0.717) is 13.0 Å². The van der Waals surface area contributed by atoms with Crippen LogP contribution in [0, 0.1) is 12.3 Å². The second kappa shape index (κ2) is 4.60. The molecule has 0 amide bonds. The highest BCUT2D eigenvalue weighted by Crippen LogP contribution is 2.38. The molecule has 0 radical (unpaired) electrons. The molecule has 1 N–H and O–H groups in total. The first kappa shape index (κ1) is 12.3. The van der Waals surface area contributed by atoms with Crippen molar-refractivity contribution in [3.8, 4) is 0 Å². The minimum atomic E-state index is -0.678. The minimum Gasteiger partial charge on any atom is -0.481 e. The molecule has 94 valence electrons. The van der Waals surface area contributed by atoms with Crippen molar-refractivity contribution in [2.24, 2.45) is 5.41 Å². The van der Waals surface area contributed by atoms with Gasteiger partial charge in [0.2, 0.25) is 5.13 Å². The Balaban J connectivity index is 2.14. The maximum absolute atomic E-state index is 11.4. The van der Waals surface area contributed by atoms with Crippen LogP contribution in [0.4, 0.5) is 5.13 Å². The minimum absolute atomic E-state index is 0.560. The number of hydrogen-bond acceptors (Lipinski definition) is 5. The first-order valence-corrected chi connectivity index (χ1v) is 6.67. The number of rotatable bonds is 4. The van der Waals surface area contributed by atoms with Crippen LogP contribution in [-0.4, -0.2) is 34.4 Å². The number of aromatic nitrogens is 2. The van der Waals surface area contributed by atoms with Gasteiger partial charge in [-0.1, -0.05) is 24.7 Å². The number of hydrogen-bond donors (Lipinski definition) is 1. The van der Waals surface area contributed by atoms with Gasteiger partial charge >= 0.3 is 5.97 Å². The molecule has 2 heterocycles. The van der Waals surface area contributed by atoms with Crippen molar-refractivity contribution in [1.82, 2.24) is 10.2 Å². The molecule has 1 aliphatic heterocycles. The molecule has 0 saturated carbocycles. The fraction of sp³-hybridized carbons (Fsp3) is 0.727. The van der Waals surface area contributed by atoms with Crippen molar-refractivity contribution in [3.63, 3.8) is 0 Å². The first-order chi connectivity index (χ1) is 8.07. The van der Waals surface area contributed by atoms with E-state index in [1.54, 1.807) is 0 Å². The van der Waals surface area contributed by atoms with E-state index in [-0.39, 0.29) is 0 Å². The Bertz CT molecular complexity index is 421. The lowest BCUT2D eigenvalue weighted by molar-refractivity contribution is -0.148. The maximum Gasteiger partial charge on any atom is 0.311 e. The van der Waals surface area contributed by atoms with E-state index in [1.165, 1.54) is 11.3 Å². The summed E-state index contributed by atoms with van der Waals surface area (Å²) < 4.78 is 0. The number of anilines is 1. The molecule has 2 rings (SSSR count). The summed E-state index contributed by atoms with van der Waals surface area (Å²) in [6, 6.07) is 0. The van der Waals surface area contributed by atoms with Crippen molar-refractivity contribution < 1.29 is 9.90 Å². The molecule has 1 aliphatic rings. The molecular weight excluding hydrogens is 238 g/mol. The van der Waals surface area contributed by atoms with Gasteiger partial charge in [-0.15, -0.1) is 10.2 Å². The highest BCUT2D eigenvalue weighted by atomic mass is 32.1. The molecule has 0 aliphatic carbocycles. The van der Waals surface area contributed by atoms with Gasteiger partial charge in [0, 0.05) is 13.1 Å². The lowest BCUT2D eigenvalue weighted by atomic mass is 9.83. The van der Waals surface area contributed by atoms with Crippen LogP contribution < -0.4 is 4.90 Å². The topological polar surface area (TPSA) is 66.3 Å². The summed E-state index contributed by atoms with van der Waals surface area (Å²) in [5, 5.41) is 19.2. The van der Waals surface area contributed by atoms with Gasteiger partial charge in [0.25, 0.3) is 0 Å².